The lowest BCUT2D eigenvalue weighted by Gasteiger charge is -2.35. The van der Waals surface area contributed by atoms with Crippen molar-refractivity contribution in [3.05, 3.63) is 101 Å². The Hall–Kier alpha value is -7.26. The molecule has 0 saturated carbocycles. The lowest BCUT2D eigenvalue weighted by atomic mass is 10.0. The van der Waals surface area contributed by atoms with Gasteiger partial charge in [0.1, 0.15) is 17.6 Å². The number of piperidine rings is 1. The molecule has 3 aliphatic rings. The Kier molecular flexibility index (Phi) is 12.4. The molecule has 2 aromatic carbocycles. The Bertz CT molecular complexity index is 2810. The van der Waals surface area contributed by atoms with Crippen molar-refractivity contribution in [1.29, 1.82) is 0 Å². The molecule has 0 aliphatic carbocycles. The fourth-order valence-corrected chi connectivity index (χ4v) is 8.91. The summed E-state index contributed by atoms with van der Waals surface area (Å²) in [4.78, 5) is 103. The minimum Gasteiger partial charge on any atom is -0.493 e. The van der Waals surface area contributed by atoms with Crippen LogP contribution >= 0.6 is 11.3 Å². The summed E-state index contributed by atoms with van der Waals surface area (Å²) in [5.74, 6) is -2.59. The van der Waals surface area contributed by atoms with Crippen LogP contribution in [-0.2, 0) is 29.2 Å². The van der Waals surface area contributed by atoms with Gasteiger partial charge in [0.15, 0.2) is 5.13 Å². The number of thiazole rings is 1. The SMILES string of the molecule is CS(=O)(=O)n1ccc(C(=O)NCC(=O)Nc2nc(-c3cccc(-c4ccnc(N5CCN(C(=O)CCCOc6cccc7c6C(=O)N(C6CCC(=O)NC6=O)C7=O)CC5)c4)c3)cs2)c1. The van der Waals surface area contributed by atoms with E-state index in [0.29, 0.717) is 43.4 Å². The van der Waals surface area contributed by atoms with Crippen LogP contribution in [0.4, 0.5) is 10.9 Å². The Morgan fingerprint density at radius 1 is 0.938 bits per heavy atom. The van der Waals surface area contributed by atoms with E-state index in [9.17, 15) is 42.0 Å². The lowest BCUT2D eigenvalue weighted by Crippen LogP contribution is -2.54. The molecule has 7 amide bonds. The van der Waals surface area contributed by atoms with Gasteiger partial charge in [-0.25, -0.2) is 18.4 Å². The second kappa shape index (κ2) is 18.2. The monoisotopic (exact) mass is 907 g/mol. The van der Waals surface area contributed by atoms with E-state index in [-0.39, 0.29) is 60.8 Å². The highest BCUT2D eigenvalue weighted by atomic mass is 32.2. The molecule has 19 nitrogen and oxygen atoms in total. The van der Waals surface area contributed by atoms with Crippen molar-refractivity contribution in [2.24, 2.45) is 0 Å². The van der Waals surface area contributed by atoms with Crippen molar-refractivity contribution >= 4 is 73.7 Å². The maximum Gasteiger partial charge on any atom is 0.266 e. The normalized spacial score (nSPS) is 16.4. The van der Waals surface area contributed by atoms with E-state index in [0.717, 1.165) is 37.6 Å². The molecule has 1 unspecified atom stereocenters. The maximum absolute atomic E-state index is 13.4. The molecule has 0 bridgehead atoms. The average molecular weight is 908 g/mol. The van der Waals surface area contributed by atoms with Crippen LogP contribution in [0.25, 0.3) is 22.4 Å². The zero-order valence-corrected chi connectivity index (χ0v) is 35.9. The van der Waals surface area contributed by atoms with Gasteiger partial charge in [-0.2, -0.15) is 0 Å². The van der Waals surface area contributed by atoms with Gasteiger partial charge in [-0.05, 0) is 60.4 Å². The van der Waals surface area contributed by atoms with E-state index in [4.69, 9.17) is 4.74 Å². The first-order valence-electron chi connectivity index (χ1n) is 20.2. The molecule has 330 valence electrons. The molecule has 3 aliphatic heterocycles. The molecule has 64 heavy (non-hydrogen) atoms. The Labute approximate surface area is 370 Å². The smallest absolute Gasteiger partial charge is 0.266 e. The highest BCUT2D eigenvalue weighted by Gasteiger charge is 2.46. The molecule has 21 heteroatoms. The van der Waals surface area contributed by atoms with E-state index < -0.39 is 51.5 Å². The molecular formula is C43H41N9O10S2. The number of hydrogen-bond acceptors (Lipinski definition) is 14. The number of aromatic nitrogens is 3. The number of fused-ring (bicyclic) bond motifs is 1. The van der Waals surface area contributed by atoms with Gasteiger partial charge in [-0.3, -0.25) is 47.8 Å². The first kappa shape index (κ1) is 43.4. The van der Waals surface area contributed by atoms with Crippen LogP contribution in [0, 0.1) is 0 Å². The van der Waals surface area contributed by atoms with Crippen molar-refractivity contribution in [2.45, 2.75) is 31.7 Å². The van der Waals surface area contributed by atoms with Crippen LogP contribution < -0.4 is 25.6 Å². The number of benzene rings is 2. The minimum atomic E-state index is -3.54. The van der Waals surface area contributed by atoms with Crippen LogP contribution in [0.3, 0.4) is 0 Å². The number of nitrogens with one attached hydrogen (secondary N) is 3. The summed E-state index contributed by atoms with van der Waals surface area (Å²) in [6.45, 7) is 1.91. The van der Waals surface area contributed by atoms with E-state index in [1.165, 1.54) is 35.9 Å². The largest absolute Gasteiger partial charge is 0.493 e. The summed E-state index contributed by atoms with van der Waals surface area (Å²) in [6, 6.07) is 16.6. The Balaban J connectivity index is 0.799. The van der Waals surface area contributed by atoms with Crippen LogP contribution in [0.2, 0.25) is 0 Å². The lowest BCUT2D eigenvalue weighted by molar-refractivity contribution is -0.136. The standard InChI is InChI=1S/C43H41N9O10S2/c1-64(60,61)51-15-13-29(24-51)39(56)45-23-36(54)48-43-46-31(25-63-43)28-6-2-5-26(21-28)27-12-14-44-34(22-27)49-16-18-50(19-17-49)37(55)9-4-20-62-33-8-3-7-30-38(33)42(59)52(41(30)58)32-10-11-35(53)47-40(32)57/h2-3,5-8,12-15,21-22,24-25,32H,4,9-11,16-20,23H2,1H3,(H,45,56)(H,46,48,54)(H,47,53,57). The van der Waals surface area contributed by atoms with E-state index in [1.807, 2.05) is 41.8 Å². The fraction of sp³-hybridized carbons (Fsp3) is 0.279. The highest BCUT2D eigenvalue weighted by molar-refractivity contribution is 7.89. The number of anilines is 2. The van der Waals surface area contributed by atoms with Gasteiger partial charge >= 0.3 is 0 Å². The van der Waals surface area contributed by atoms with Gasteiger partial charge in [0, 0.05) is 68.6 Å². The number of nitrogens with zero attached hydrogens (tertiary/aromatic N) is 6. The molecular weight excluding hydrogens is 867 g/mol. The van der Waals surface area contributed by atoms with Gasteiger partial charge < -0.3 is 25.2 Å². The number of imide groups is 2. The number of hydrogen-bond donors (Lipinski definition) is 3. The van der Waals surface area contributed by atoms with Crippen LogP contribution in [0.1, 0.15) is 56.8 Å². The van der Waals surface area contributed by atoms with Gasteiger partial charge in [0.2, 0.25) is 33.7 Å². The van der Waals surface area contributed by atoms with Crippen molar-refractivity contribution in [3.8, 4) is 28.1 Å². The summed E-state index contributed by atoms with van der Waals surface area (Å²) in [7, 11) is -3.54. The van der Waals surface area contributed by atoms with Crippen molar-refractivity contribution in [3.63, 3.8) is 0 Å². The number of piperazine rings is 1. The number of amides is 7. The van der Waals surface area contributed by atoms with Crippen molar-refractivity contribution in [2.75, 3.05) is 55.8 Å². The number of rotatable bonds is 14. The second-order valence-corrected chi connectivity index (χ2v) is 17.9. The Morgan fingerprint density at radius 3 is 2.47 bits per heavy atom. The molecule has 3 aromatic heterocycles. The van der Waals surface area contributed by atoms with E-state index in [2.05, 4.69) is 30.8 Å². The predicted octanol–water partition coefficient (Wildman–Crippen LogP) is 2.76. The average Bonchev–Trinajstić information content (AvgIpc) is 4.04. The van der Waals surface area contributed by atoms with E-state index in [1.54, 1.807) is 23.2 Å². The van der Waals surface area contributed by atoms with Crippen molar-refractivity contribution < 1.29 is 46.7 Å². The van der Waals surface area contributed by atoms with Gasteiger partial charge in [0.25, 0.3) is 17.7 Å². The summed E-state index contributed by atoms with van der Waals surface area (Å²) in [5, 5.41) is 9.49. The van der Waals surface area contributed by atoms with Gasteiger partial charge in [-0.15, -0.1) is 11.3 Å². The van der Waals surface area contributed by atoms with Crippen molar-refractivity contribution in [1.82, 2.24) is 34.4 Å². The summed E-state index contributed by atoms with van der Waals surface area (Å²) in [5.41, 5.74) is 3.60. The zero-order chi connectivity index (χ0) is 45.1. The minimum absolute atomic E-state index is 0.0195. The van der Waals surface area contributed by atoms with Gasteiger partial charge in [0.05, 0.1) is 41.8 Å². The summed E-state index contributed by atoms with van der Waals surface area (Å²) < 4.78 is 30.2. The third-order valence-electron chi connectivity index (χ3n) is 10.9. The fourth-order valence-electron chi connectivity index (χ4n) is 7.59. The molecule has 0 radical (unpaired) electrons. The maximum atomic E-state index is 13.4. The quantitative estimate of drug-likeness (QED) is 0.108. The van der Waals surface area contributed by atoms with Crippen LogP contribution in [0.15, 0.2) is 84.6 Å². The molecule has 3 N–H and O–H groups in total. The topological polar surface area (TPSA) is 239 Å². The van der Waals surface area contributed by atoms with Crippen LogP contribution in [-0.4, -0.2) is 125 Å². The van der Waals surface area contributed by atoms with E-state index >= 15 is 0 Å². The highest BCUT2D eigenvalue weighted by Crippen LogP contribution is 2.34. The molecule has 6 heterocycles. The Morgan fingerprint density at radius 2 is 1.70 bits per heavy atom. The molecule has 2 saturated heterocycles. The number of ether oxygens (including phenoxy) is 1. The second-order valence-electron chi connectivity index (χ2n) is 15.2. The predicted molar refractivity (Wildman–Crippen MR) is 233 cm³/mol. The van der Waals surface area contributed by atoms with Crippen LogP contribution in [0.5, 0.6) is 5.75 Å². The van der Waals surface area contributed by atoms with Gasteiger partial charge in [-0.1, -0.05) is 24.3 Å². The molecule has 8 rings (SSSR count). The zero-order valence-electron chi connectivity index (χ0n) is 34.3. The number of pyridine rings is 1. The molecule has 0 spiro atoms. The summed E-state index contributed by atoms with van der Waals surface area (Å²) in [6.07, 6.45) is 5.83. The third kappa shape index (κ3) is 9.39. The summed E-state index contributed by atoms with van der Waals surface area (Å²) >= 11 is 1.23. The first-order chi connectivity index (χ1) is 30.7. The molecule has 5 aromatic rings. The molecule has 2 fully saturated rings. The number of carbonyl (C=O) groups is 7. The first-order valence-corrected chi connectivity index (χ1v) is 23.0. The third-order valence-corrected chi connectivity index (χ3v) is 12.6. The number of carbonyl (C=O) groups excluding carboxylic acids is 7. The molecule has 1 atom stereocenters.